The summed E-state index contributed by atoms with van der Waals surface area (Å²) in [5.41, 5.74) is 3.94. The van der Waals surface area contributed by atoms with Gasteiger partial charge in [0.25, 0.3) is 6.47 Å². The van der Waals surface area contributed by atoms with Crippen LogP contribution in [-0.2, 0) is 75.1 Å². The van der Waals surface area contributed by atoms with Crippen molar-refractivity contribution in [2.45, 2.75) is 214 Å². The van der Waals surface area contributed by atoms with Crippen LogP contribution < -0.4 is 51.8 Å². The second kappa shape index (κ2) is 40.4. The highest BCUT2D eigenvalue weighted by Crippen LogP contribution is 2.52. The first-order chi connectivity index (χ1) is 60.9. The van der Waals surface area contributed by atoms with Crippen molar-refractivity contribution in [3.63, 3.8) is 0 Å². The number of carbonyl (C=O) groups is 8. The first kappa shape index (κ1) is 95.3. The van der Waals surface area contributed by atoms with Crippen molar-refractivity contribution in [1.29, 1.82) is 0 Å². The lowest BCUT2D eigenvalue weighted by Crippen LogP contribution is -2.65. The van der Waals surface area contributed by atoms with Gasteiger partial charge in [0.1, 0.15) is 95.7 Å². The smallest absolute Gasteiger partial charge is 0.295 e. The van der Waals surface area contributed by atoms with Gasteiger partial charge >= 0.3 is 0 Å². The molecule has 8 heterocycles. The van der Waals surface area contributed by atoms with Crippen LogP contribution in [0, 0.1) is 17.8 Å². The van der Waals surface area contributed by atoms with E-state index in [-0.39, 0.29) is 59.2 Å². The molecule has 0 aliphatic carbocycles. The van der Waals surface area contributed by atoms with E-state index in [1.165, 1.54) is 24.3 Å². The number of ether oxygens (including phenoxy) is 8. The number of nitrogens with two attached hydrogens (primary N) is 1. The lowest BCUT2D eigenvalue weighted by Gasteiger charge is -2.48. The molecule has 3 saturated heterocycles. The van der Waals surface area contributed by atoms with Crippen molar-refractivity contribution in [1.82, 2.24) is 31.9 Å². The SMILES string of the molecule is CC[C@H](CC(C)C)C(=O)N[C@H]1C(=O)C[C@@H](CC(N)=O)C(=O)N[C@H]2C(=O)C[C@@H]3C(=O)N[C@H](C(=O)N[C@H](OC=O)c4cc(O)c(CNC5C(O)OC(CO)[C@H](O)[C@@H]5O)c(O)c4-c4cc3ccc4O)[C@H](O)c3ccc(c(Cl)c3)Oc3cc2cc(c3O[C@@H]2O[C@H](CO)C(O)C(O)[C@H]2O[C@H]2CC(C)(NCc3ccc(-c4ccc(Cl)cc4)cc3)[C@H](O)[C@H](C)O2)Oc2ccc(cc2Cl)[C@H]1O. The number of hydrogen-bond acceptors (Lipinski definition) is 31. The third-order valence-electron chi connectivity index (χ3n) is 24.0. The summed E-state index contributed by atoms with van der Waals surface area (Å²) in [6.07, 6.45) is -29.7. The fourth-order valence-corrected chi connectivity index (χ4v) is 17.4. The van der Waals surface area contributed by atoms with Crippen LogP contribution in [0.5, 0.6) is 46.0 Å². The molecule has 7 aromatic carbocycles. The van der Waals surface area contributed by atoms with Crippen LogP contribution in [-0.4, -0.2) is 225 Å². The van der Waals surface area contributed by atoms with Gasteiger partial charge < -0.3 is 142 Å². The zero-order valence-electron chi connectivity index (χ0n) is 69.5. The van der Waals surface area contributed by atoms with Crippen LogP contribution in [0.4, 0.5) is 0 Å². The minimum Gasteiger partial charge on any atom is -0.507 e. The summed E-state index contributed by atoms with van der Waals surface area (Å²) in [6.45, 7) is 6.18. The largest absolute Gasteiger partial charge is 0.507 e. The van der Waals surface area contributed by atoms with Crippen molar-refractivity contribution in [3.8, 4) is 68.2 Å². The second-order valence-electron chi connectivity index (χ2n) is 33.3. The summed E-state index contributed by atoms with van der Waals surface area (Å²) in [5, 5.41) is 168. The van der Waals surface area contributed by atoms with Crippen LogP contribution in [0.15, 0.2) is 121 Å². The number of phenolic OH excluding ortho intramolecular Hbond substituents is 3. The number of Topliss-reactive ketones (excluding diaryl/α,β-unsaturated/α-hetero) is 2. The summed E-state index contributed by atoms with van der Waals surface area (Å²) < 4.78 is 50.5. The van der Waals surface area contributed by atoms with Crippen molar-refractivity contribution >= 4 is 82.4 Å². The van der Waals surface area contributed by atoms with Crippen LogP contribution in [0.25, 0.3) is 22.3 Å². The Balaban J connectivity index is 0.983. The monoisotopic (exact) mass is 1840 g/mol. The Hall–Kier alpha value is -10.3. The Bertz CT molecular complexity index is 5290. The first-order valence-electron chi connectivity index (χ1n) is 41.4. The zero-order valence-corrected chi connectivity index (χ0v) is 71.8. The molecule has 8 aliphatic heterocycles. The van der Waals surface area contributed by atoms with Crippen LogP contribution in [0.3, 0.4) is 0 Å². The molecule has 686 valence electrons. The van der Waals surface area contributed by atoms with Gasteiger partial charge in [0, 0.05) is 71.9 Å². The standard InChI is InChI=1S/C89H100Cl3N7O29/c1-6-40(21-37(2)3)82(116)97-69-57(105)25-47(28-65(93)107)83(117)96-68-46-26-61(123-59-19-14-44(72(69)108)23-53(59)91)79(128-88-80(78(114)76(112)64(35-101)126-88)127-66-31-89(5,81(115)38(4)122-66)95-32-39-7-9-41(10-8-39)42-11-16-48(90)17-12-42)62(27-46)124-60-20-15-45(24-54(60)92)73(109)70-85(119)99-86(121-36-102)51-30-56(104)52(33-94-71-77(113)75(111)63(34-100)125-87(71)120)74(110)67(51)50-22-43(13-18-55(50)103)49(29-58(68)106)84(118)98-70/h7-20,22-24,26-27,30,36-38,40,47,49,63-64,66,68-73,75-78,80-81,86-88,94-95,100-101,103-104,108-115,120H,6,21,25,28-29,31-35H2,1-5H3,(H2,93,107)(H,96,117)(H,97,116)(H,98,118)(H,99,119)/t38-,40+,47-,49-,63?,64+,66-,68+,69-,70-,71?,72+,73+,75-,76?,77+,78?,80+,81+,86+,87?,88-,89?/m0/s1. The normalized spacial score (nSPS) is 29.4. The van der Waals surface area contributed by atoms with E-state index in [9.17, 15) is 80.8 Å². The third-order valence-corrected chi connectivity index (χ3v) is 24.8. The number of nitrogens with one attached hydrogen (secondary N) is 6. The van der Waals surface area contributed by atoms with E-state index in [2.05, 4.69) is 31.9 Å². The number of aliphatic hydroxyl groups is 10. The maximum absolute atomic E-state index is 16.6. The van der Waals surface area contributed by atoms with E-state index in [0.29, 0.717) is 11.4 Å². The predicted molar refractivity (Wildman–Crippen MR) is 453 cm³/mol. The van der Waals surface area contributed by atoms with Gasteiger partial charge in [0.05, 0.1) is 58.9 Å². The van der Waals surface area contributed by atoms with Crippen LogP contribution in [0.1, 0.15) is 142 Å². The number of primary amides is 1. The molecule has 0 radical (unpaired) electrons. The number of ketones is 2. The summed E-state index contributed by atoms with van der Waals surface area (Å²) in [5.74, 6) is -18.2. The lowest BCUT2D eigenvalue weighted by atomic mass is 9.84. The van der Waals surface area contributed by atoms with Crippen molar-refractivity contribution in [3.05, 3.63) is 175 Å². The molecule has 23 atom stereocenters. The molecular formula is C89H100Cl3N7O29. The maximum Gasteiger partial charge on any atom is 0.295 e. The quantitative estimate of drug-likeness (QED) is 0.0412. The number of hydrogen-bond donors (Lipinski definition) is 20. The van der Waals surface area contributed by atoms with E-state index in [1.54, 1.807) is 32.9 Å². The molecule has 39 heteroatoms. The fraction of sp³-hybridized carbons (Fsp3) is 0.438. The van der Waals surface area contributed by atoms with Gasteiger partial charge in [0.15, 0.2) is 41.7 Å². The number of amides is 5. The summed E-state index contributed by atoms with van der Waals surface area (Å²) >= 11 is 20.6. The fourth-order valence-electron chi connectivity index (χ4n) is 16.9. The van der Waals surface area contributed by atoms with E-state index in [0.717, 1.165) is 65.2 Å². The third kappa shape index (κ3) is 20.6. The Kier molecular flexibility index (Phi) is 30.1. The molecular weight excluding hydrogens is 1740 g/mol. The molecule has 5 amide bonds. The zero-order chi connectivity index (χ0) is 92.3. The molecule has 11 bridgehead atoms. The Morgan fingerprint density at radius 2 is 1.28 bits per heavy atom. The summed E-state index contributed by atoms with van der Waals surface area (Å²) in [4.78, 5) is 119. The number of phenols is 3. The Labute approximate surface area is 747 Å². The molecule has 6 unspecified atom stereocenters. The van der Waals surface area contributed by atoms with E-state index >= 15 is 24.0 Å². The van der Waals surface area contributed by atoms with E-state index in [1.807, 2.05) is 50.2 Å². The number of rotatable bonds is 22. The molecule has 128 heavy (non-hydrogen) atoms. The molecule has 7 aromatic rings. The Morgan fingerprint density at radius 3 is 1.89 bits per heavy atom. The predicted octanol–water partition coefficient (Wildman–Crippen LogP) is 4.61. The van der Waals surface area contributed by atoms with Crippen molar-refractivity contribution in [2.24, 2.45) is 23.5 Å². The Morgan fingerprint density at radius 1 is 0.664 bits per heavy atom. The minimum absolute atomic E-state index is 0.0495. The lowest BCUT2D eigenvalue weighted by molar-refractivity contribution is -0.334. The molecule has 0 spiro atoms. The van der Waals surface area contributed by atoms with Crippen molar-refractivity contribution < 1.29 is 143 Å². The topological polar surface area (TPSA) is 572 Å². The molecule has 3 fully saturated rings. The summed E-state index contributed by atoms with van der Waals surface area (Å²) in [7, 11) is 0. The number of benzene rings is 7. The highest BCUT2D eigenvalue weighted by molar-refractivity contribution is 6.32. The molecule has 0 saturated carbocycles. The molecule has 36 nitrogen and oxygen atoms in total. The van der Waals surface area contributed by atoms with Gasteiger partial charge in [-0.1, -0.05) is 110 Å². The average Bonchev–Trinajstić information content (AvgIpc) is 0.761. The van der Waals surface area contributed by atoms with Crippen LogP contribution in [0.2, 0.25) is 15.1 Å². The number of carbonyl (C=O) groups excluding carboxylic acids is 8. The van der Waals surface area contributed by atoms with Crippen LogP contribution >= 0.6 is 34.8 Å². The maximum atomic E-state index is 16.6. The van der Waals surface area contributed by atoms with Gasteiger partial charge in [-0.05, 0) is 138 Å². The number of halogens is 3. The van der Waals surface area contributed by atoms with Gasteiger partial charge in [0.2, 0.25) is 47.8 Å². The highest BCUT2D eigenvalue weighted by atomic mass is 35.5. The molecule has 8 aliphatic rings. The molecule has 15 rings (SSSR count). The number of fused-ring (bicyclic) bond motifs is 15. The van der Waals surface area contributed by atoms with Gasteiger partial charge in [-0.3, -0.25) is 38.4 Å². The molecule has 21 N–H and O–H groups in total. The summed E-state index contributed by atoms with van der Waals surface area (Å²) in [6, 6.07) is 20.1. The van der Waals surface area contributed by atoms with Gasteiger partial charge in [-0.2, -0.15) is 0 Å². The average molecular weight is 1840 g/mol. The first-order valence-corrected chi connectivity index (χ1v) is 42.5. The van der Waals surface area contributed by atoms with E-state index in [4.69, 9.17) is 78.4 Å². The number of aliphatic hydroxyl groups excluding tert-OH is 10. The van der Waals surface area contributed by atoms with Gasteiger partial charge in [-0.25, -0.2) is 0 Å². The molecule has 0 aromatic heterocycles. The van der Waals surface area contributed by atoms with Gasteiger partial charge in [-0.15, -0.1) is 0 Å². The van der Waals surface area contributed by atoms with E-state index < -0.39 is 293 Å². The second-order valence-corrected chi connectivity index (χ2v) is 34.5. The highest BCUT2D eigenvalue weighted by Gasteiger charge is 2.53. The number of aromatic hydroxyl groups is 3. The minimum atomic E-state index is -2.29. The van der Waals surface area contributed by atoms with Crippen molar-refractivity contribution in [2.75, 3.05) is 13.2 Å².